The summed E-state index contributed by atoms with van der Waals surface area (Å²) in [5.41, 5.74) is 8.44. The third-order valence-electron chi connectivity index (χ3n) is 3.60. The van der Waals surface area contributed by atoms with Crippen LogP contribution in [0.5, 0.6) is 0 Å². The molecule has 1 aliphatic rings. The molecule has 0 aromatic carbocycles. The summed E-state index contributed by atoms with van der Waals surface area (Å²) in [5.74, 6) is 1.86. The summed E-state index contributed by atoms with van der Waals surface area (Å²) in [6, 6.07) is 0. The van der Waals surface area contributed by atoms with Gasteiger partial charge >= 0.3 is 0 Å². The highest BCUT2D eigenvalue weighted by atomic mass is 15.1. The van der Waals surface area contributed by atoms with Crippen molar-refractivity contribution in [3.8, 4) is 0 Å². The van der Waals surface area contributed by atoms with Crippen molar-refractivity contribution >= 4 is 0 Å². The lowest BCUT2D eigenvalue weighted by Gasteiger charge is -2.20. The third kappa shape index (κ3) is 2.01. The van der Waals surface area contributed by atoms with Gasteiger partial charge in [-0.15, -0.1) is 0 Å². The summed E-state index contributed by atoms with van der Waals surface area (Å²) in [7, 11) is 0. The van der Waals surface area contributed by atoms with Crippen LogP contribution >= 0.6 is 0 Å². The maximum absolute atomic E-state index is 5.67. The maximum Gasteiger partial charge on any atom is 0.109 e. The van der Waals surface area contributed by atoms with Crippen LogP contribution in [-0.2, 0) is 19.4 Å². The van der Waals surface area contributed by atoms with E-state index in [-0.39, 0.29) is 0 Å². The molecule has 1 atom stereocenters. The number of nitrogens with two attached hydrogens (primary N) is 1. The molecule has 2 rings (SSSR count). The van der Waals surface area contributed by atoms with Crippen LogP contribution < -0.4 is 5.73 Å². The monoisotopic (exact) mass is 221 g/mol. The standard InChI is InChI=1S/C13H23N3/c1-3-11-13(10(2)7-8-14)16-9-5-4-6-12(16)15-11/h10H,3-9,14H2,1-2H3. The molecule has 0 radical (unpaired) electrons. The predicted molar refractivity (Wildman–Crippen MR) is 66.6 cm³/mol. The normalized spacial score (nSPS) is 17.2. The Kier molecular flexibility index (Phi) is 3.64. The van der Waals surface area contributed by atoms with Gasteiger partial charge in [-0.1, -0.05) is 13.8 Å². The molecule has 1 aromatic rings. The van der Waals surface area contributed by atoms with Crippen molar-refractivity contribution in [2.24, 2.45) is 5.73 Å². The van der Waals surface area contributed by atoms with Crippen LogP contribution in [0.2, 0.25) is 0 Å². The van der Waals surface area contributed by atoms with Gasteiger partial charge in [-0.2, -0.15) is 0 Å². The zero-order chi connectivity index (χ0) is 11.5. The molecule has 1 unspecified atom stereocenters. The zero-order valence-electron chi connectivity index (χ0n) is 10.5. The SMILES string of the molecule is CCc1nc2n(c1C(C)CCN)CCCC2. The molecule has 1 aromatic heterocycles. The first-order chi connectivity index (χ1) is 7.77. The number of hydrogen-bond acceptors (Lipinski definition) is 2. The van der Waals surface area contributed by atoms with E-state index in [0.717, 1.165) is 32.4 Å². The summed E-state index contributed by atoms with van der Waals surface area (Å²) in [4.78, 5) is 4.79. The Bertz CT molecular complexity index is 354. The highest BCUT2D eigenvalue weighted by molar-refractivity contribution is 5.22. The molecule has 0 saturated heterocycles. The van der Waals surface area contributed by atoms with Crippen molar-refractivity contribution in [2.45, 2.75) is 58.4 Å². The fraction of sp³-hybridized carbons (Fsp3) is 0.769. The van der Waals surface area contributed by atoms with E-state index in [2.05, 4.69) is 18.4 Å². The molecule has 0 bridgehead atoms. The molecule has 0 saturated carbocycles. The number of imidazole rings is 1. The van der Waals surface area contributed by atoms with E-state index < -0.39 is 0 Å². The Morgan fingerprint density at radius 2 is 2.25 bits per heavy atom. The van der Waals surface area contributed by atoms with Gasteiger partial charge in [0.05, 0.1) is 5.69 Å². The zero-order valence-corrected chi connectivity index (χ0v) is 10.5. The minimum absolute atomic E-state index is 0.555. The first kappa shape index (κ1) is 11.6. The molecule has 90 valence electrons. The Balaban J connectivity index is 2.36. The van der Waals surface area contributed by atoms with Crippen LogP contribution in [0.4, 0.5) is 0 Å². The van der Waals surface area contributed by atoms with E-state index in [4.69, 9.17) is 10.7 Å². The third-order valence-corrected chi connectivity index (χ3v) is 3.60. The quantitative estimate of drug-likeness (QED) is 0.847. The molecule has 3 heteroatoms. The predicted octanol–water partition coefficient (Wildman–Crippen LogP) is 2.23. The van der Waals surface area contributed by atoms with Crippen molar-refractivity contribution in [1.29, 1.82) is 0 Å². The first-order valence-corrected chi connectivity index (χ1v) is 6.56. The number of nitrogens with zero attached hydrogens (tertiary/aromatic N) is 2. The smallest absolute Gasteiger partial charge is 0.109 e. The van der Waals surface area contributed by atoms with Crippen LogP contribution in [0.1, 0.15) is 56.2 Å². The van der Waals surface area contributed by atoms with Gasteiger partial charge in [-0.05, 0) is 38.1 Å². The minimum Gasteiger partial charge on any atom is -0.331 e. The van der Waals surface area contributed by atoms with Gasteiger partial charge in [0.1, 0.15) is 5.82 Å². The lowest BCUT2D eigenvalue weighted by atomic mass is 10.0. The lowest BCUT2D eigenvalue weighted by Crippen LogP contribution is -2.16. The van der Waals surface area contributed by atoms with E-state index in [0.29, 0.717) is 5.92 Å². The van der Waals surface area contributed by atoms with Gasteiger partial charge in [0, 0.05) is 18.7 Å². The summed E-state index contributed by atoms with van der Waals surface area (Å²) < 4.78 is 2.46. The molecule has 3 nitrogen and oxygen atoms in total. The number of hydrogen-bond donors (Lipinski definition) is 1. The highest BCUT2D eigenvalue weighted by Gasteiger charge is 2.21. The van der Waals surface area contributed by atoms with E-state index in [1.165, 1.54) is 30.1 Å². The summed E-state index contributed by atoms with van der Waals surface area (Å²) in [5, 5.41) is 0. The van der Waals surface area contributed by atoms with Crippen molar-refractivity contribution in [1.82, 2.24) is 9.55 Å². The molecular weight excluding hydrogens is 198 g/mol. The first-order valence-electron chi connectivity index (χ1n) is 6.56. The van der Waals surface area contributed by atoms with E-state index in [1.807, 2.05) is 0 Å². The van der Waals surface area contributed by atoms with Crippen molar-refractivity contribution < 1.29 is 0 Å². The van der Waals surface area contributed by atoms with Crippen LogP contribution in [0.25, 0.3) is 0 Å². The average Bonchev–Trinajstić information content (AvgIpc) is 2.67. The topological polar surface area (TPSA) is 43.8 Å². The van der Waals surface area contributed by atoms with Gasteiger partial charge in [0.2, 0.25) is 0 Å². The van der Waals surface area contributed by atoms with Gasteiger partial charge in [0.15, 0.2) is 0 Å². The summed E-state index contributed by atoms with van der Waals surface area (Å²) in [6.45, 7) is 6.41. The fourth-order valence-electron chi connectivity index (χ4n) is 2.76. The number of fused-ring (bicyclic) bond motifs is 1. The molecule has 2 heterocycles. The number of aryl methyl sites for hydroxylation is 2. The summed E-state index contributed by atoms with van der Waals surface area (Å²) in [6.07, 6.45) is 5.87. The lowest BCUT2D eigenvalue weighted by molar-refractivity contribution is 0.490. The Labute approximate surface area is 98.1 Å². The number of rotatable bonds is 4. The van der Waals surface area contributed by atoms with Crippen molar-refractivity contribution in [2.75, 3.05) is 6.54 Å². The van der Waals surface area contributed by atoms with Crippen molar-refractivity contribution in [3.05, 3.63) is 17.2 Å². The average molecular weight is 221 g/mol. The molecule has 0 fully saturated rings. The molecule has 0 aliphatic carbocycles. The second kappa shape index (κ2) is 5.00. The van der Waals surface area contributed by atoms with Crippen molar-refractivity contribution in [3.63, 3.8) is 0 Å². The summed E-state index contributed by atoms with van der Waals surface area (Å²) >= 11 is 0. The Morgan fingerprint density at radius 3 is 2.94 bits per heavy atom. The van der Waals surface area contributed by atoms with E-state index >= 15 is 0 Å². The highest BCUT2D eigenvalue weighted by Crippen LogP contribution is 2.27. The van der Waals surface area contributed by atoms with E-state index in [9.17, 15) is 0 Å². The Hall–Kier alpha value is -0.830. The largest absolute Gasteiger partial charge is 0.331 e. The van der Waals surface area contributed by atoms with Crippen LogP contribution in [0.15, 0.2) is 0 Å². The fourth-order valence-corrected chi connectivity index (χ4v) is 2.76. The van der Waals surface area contributed by atoms with E-state index in [1.54, 1.807) is 0 Å². The maximum atomic E-state index is 5.67. The van der Waals surface area contributed by atoms with Crippen LogP contribution in [-0.4, -0.2) is 16.1 Å². The van der Waals surface area contributed by atoms with Gasteiger partial charge in [-0.25, -0.2) is 4.98 Å². The van der Waals surface area contributed by atoms with Crippen LogP contribution in [0.3, 0.4) is 0 Å². The molecular formula is C13H23N3. The van der Waals surface area contributed by atoms with Gasteiger partial charge in [-0.3, -0.25) is 0 Å². The van der Waals surface area contributed by atoms with Crippen LogP contribution in [0, 0.1) is 0 Å². The Morgan fingerprint density at radius 1 is 1.44 bits per heavy atom. The minimum atomic E-state index is 0.555. The van der Waals surface area contributed by atoms with Gasteiger partial charge < -0.3 is 10.3 Å². The molecule has 0 spiro atoms. The molecule has 2 N–H and O–H groups in total. The van der Waals surface area contributed by atoms with Gasteiger partial charge in [0.25, 0.3) is 0 Å². The molecule has 0 amide bonds. The number of aromatic nitrogens is 2. The second-order valence-electron chi connectivity index (χ2n) is 4.80. The molecule has 16 heavy (non-hydrogen) atoms. The molecule has 1 aliphatic heterocycles. The second-order valence-corrected chi connectivity index (χ2v) is 4.80.